The number of hydrogen-bond donors (Lipinski definition) is 1. The van der Waals surface area contributed by atoms with Gasteiger partial charge in [0.05, 0.1) is 12.2 Å². The molecule has 1 aliphatic carbocycles. The standard InChI is InChI=1S/C16H26N2OS/c1-12-6-7-14-15(10-12)20-16(17-14)11-18-8-2-4-13(18)5-3-9-19/h12-13,19H,2-11H2,1H3. The van der Waals surface area contributed by atoms with Crippen molar-refractivity contribution in [3.8, 4) is 0 Å². The minimum Gasteiger partial charge on any atom is -0.396 e. The molecule has 0 radical (unpaired) electrons. The van der Waals surface area contributed by atoms with Gasteiger partial charge in [0, 0.05) is 17.5 Å². The van der Waals surface area contributed by atoms with Gasteiger partial charge in [-0.15, -0.1) is 11.3 Å². The molecule has 2 atom stereocenters. The van der Waals surface area contributed by atoms with Crippen LogP contribution in [0.5, 0.6) is 0 Å². The average molecular weight is 294 g/mol. The molecule has 2 heterocycles. The number of nitrogens with zero attached hydrogens (tertiary/aromatic N) is 2. The minimum atomic E-state index is 0.327. The Balaban J connectivity index is 1.62. The predicted molar refractivity (Wildman–Crippen MR) is 83.1 cm³/mol. The van der Waals surface area contributed by atoms with E-state index in [1.165, 1.54) is 49.4 Å². The van der Waals surface area contributed by atoms with Gasteiger partial charge in [0.2, 0.25) is 0 Å². The largest absolute Gasteiger partial charge is 0.396 e. The van der Waals surface area contributed by atoms with Crippen LogP contribution in [0, 0.1) is 5.92 Å². The molecule has 0 aromatic carbocycles. The number of hydrogen-bond acceptors (Lipinski definition) is 4. The van der Waals surface area contributed by atoms with Gasteiger partial charge in [-0.05, 0) is 57.4 Å². The van der Waals surface area contributed by atoms with E-state index in [2.05, 4.69) is 11.8 Å². The molecule has 0 saturated carbocycles. The zero-order valence-corrected chi connectivity index (χ0v) is 13.3. The predicted octanol–water partition coefficient (Wildman–Crippen LogP) is 3.00. The van der Waals surface area contributed by atoms with Crippen LogP contribution in [-0.2, 0) is 19.4 Å². The molecule has 2 unspecified atom stereocenters. The highest BCUT2D eigenvalue weighted by Crippen LogP contribution is 2.31. The van der Waals surface area contributed by atoms with E-state index >= 15 is 0 Å². The summed E-state index contributed by atoms with van der Waals surface area (Å²) in [5.41, 5.74) is 1.38. The van der Waals surface area contributed by atoms with Crippen LogP contribution in [0.4, 0.5) is 0 Å². The van der Waals surface area contributed by atoms with Crippen LogP contribution < -0.4 is 0 Å². The van der Waals surface area contributed by atoms with Crippen LogP contribution in [0.25, 0.3) is 0 Å². The van der Waals surface area contributed by atoms with Gasteiger partial charge < -0.3 is 5.11 Å². The molecule has 0 amide bonds. The van der Waals surface area contributed by atoms with E-state index < -0.39 is 0 Å². The zero-order chi connectivity index (χ0) is 13.9. The maximum absolute atomic E-state index is 9.01. The van der Waals surface area contributed by atoms with Crippen LogP contribution in [0.15, 0.2) is 0 Å². The first-order valence-electron chi connectivity index (χ1n) is 8.08. The van der Waals surface area contributed by atoms with E-state index in [1.54, 1.807) is 4.88 Å². The van der Waals surface area contributed by atoms with E-state index in [1.807, 2.05) is 11.3 Å². The number of aliphatic hydroxyl groups excluding tert-OH is 1. The quantitative estimate of drug-likeness (QED) is 0.907. The molecule has 1 aliphatic heterocycles. The Morgan fingerprint density at radius 2 is 2.30 bits per heavy atom. The van der Waals surface area contributed by atoms with Crippen molar-refractivity contribution < 1.29 is 5.11 Å². The van der Waals surface area contributed by atoms with Crippen LogP contribution in [0.1, 0.15) is 54.6 Å². The number of aliphatic hydroxyl groups is 1. The lowest BCUT2D eigenvalue weighted by atomic mass is 9.93. The molecule has 20 heavy (non-hydrogen) atoms. The Bertz CT molecular complexity index is 446. The smallest absolute Gasteiger partial charge is 0.107 e. The van der Waals surface area contributed by atoms with E-state index in [9.17, 15) is 0 Å². The highest BCUT2D eigenvalue weighted by molar-refractivity contribution is 7.11. The zero-order valence-electron chi connectivity index (χ0n) is 12.5. The van der Waals surface area contributed by atoms with E-state index in [0.29, 0.717) is 12.6 Å². The molecule has 1 N–H and O–H groups in total. The molecule has 0 bridgehead atoms. The van der Waals surface area contributed by atoms with Crippen molar-refractivity contribution in [3.63, 3.8) is 0 Å². The fraction of sp³-hybridized carbons (Fsp3) is 0.812. The summed E-state index contributed by atoms with van der Waals surface area (Å²) >= 11 is 1.95. The monoisotopic (exact) mass is 294 g/mol. The highest BCUT2D eigenvalue weighted by Gasteiger charge is 2.26. The third-order valence-electron chi connectivity index (χ3n) is 4.76. The highest BCUT2D eigenvalue weighted by atomic mass is 32.1. The number of thiazole rings is 1. The third-order valence-corrected chi connectivity index (χ3v) is 5.87. The topological polar surface area (TPSA) is 36.4 Å². The van der Waals surface area contributed by atoms with Crippen LogP contribution >= 0.6 is 11.3 Å². The molecule has 1 saturated heterocycles. The van der Waals surface area contributed by atoms with Gasteiger partial charge in [0.25, 0.3) is 0 Å². The molecule has 2 aliphatic rings. The summed E-state index contributed by atoms with van der Waals surface area (Å²) in [6.07, 6.45) is 8.40. The lowest BCUT2D eigenvalue weighted by Gasteiger charge is -2.23. The Kier molecular flexibility index (Phi) is 4.74. The van der Waals surface area contributed by atoms with Crippen molar-refractivity contribution in [2.75, 3.05) is 13.2 Å². The molecular weight excluding hydrogens is 268 g/mol. The summed E-state index contributed by atoms with van der Waals surface area (Å²) in [6, 6.07) is 0.669. The van der Waals surface area contributed by atoms with E-state index in [-0.39, 0.29) is 0 Å². The minimum absolute atomic E-state index is 0.327. The first-order valence-corrected chi connectivity index (χ1v) is 8.90. The normalized spacial score (nSPS) is 26.9. The Labute approximate surface area is 126 Å². The molecule has 1 fully saturated rings. The Morgan fingerprint density at radius 3 is 3.15 bits per heavy atom. The first kappa shape index (κ1) is 14.5. The lowest BCUT2D eigenvalue weighted by molar-refractivity contribution is 0.210. The average Bonchev–Trinajstić information content (AvgIpc) is 3.02. The third kappa shape index (κ3) is 3.23. The maximum atomic E-state index is 9.01. The SMILES string of the molecule is CC1CCc2nc(CN3CCCC3CCCO)sc2C1. The number of likely N-dealkylation sites (tertiary alicyclic amines) is 1. The Morgan fingerprint density at radius 1 is 1.40 bits per heavy atom. The number of aromatic nitrogens is 1. The first-order chi connectivity index (χ1) is 9.76. The fourth-order valence-corrected chi connectivity index (χ4v) is 4.90. The van der Waals surface area contributed by atoms with E-state index in [0.717, 1.165) is 25.3 Å². The van der Waals surface area contributed by atoms with Gasteiger partial charge in [-0.3, -0.25) is 4.90 Å². The molecule has 3 nitrogen and oxygen atoms in total. The summed E-state index contributed by atoms with van der Waals surface area (Å²) in [4.78, 5) is 9.02. The number of aryl methyl sites for hydroxylation is 1. The molecule has 1 aromatic rings. The van der Waals surface area contributed by atoms with Crippen molar-refractivity contribution in [2.45, 2.75) is 64.5 Å². The van der Waals surface area contributed by atoms with Crippen LogP contribution in [0.3, 0.4) is 0 Å². The molecule has 1 aromatic heterocycles. The van der Waals surface area contributed by atoms with Gasteiger partial charge in [-0.2, -0.15) is 0 Å². The van der Waals surface area contributed by atoms with Crippen molar-refractivity contribution >= 4 is 11.3 Å². The van der Waals surface area contributed by atoms with Crippen molar-refractivity contribution in [1.29, 1.82) is 0 Å². The summed E-state index contributed by atoms with van der Waals surface area (Å²) in [6.45, 7) is 4.92. The second-order valence-corrected chi connectivity index (χ2v) is 7.63. The maximum Gasteiger partial charge on any atom is 0.107 e. The second kappa shape index (κ2) is 6.54. The molecule has 4 heteroatoms. The van der Waals surface area contributed by atoms with Crippen molar-refractivity contribution in [1.82, 2.24) is 9.88 Å². The molecule has 0 spiro atoms. The van der Waals surface area contributed by atoms with Crippen LogP contribution in [-0.4, -0.2) is 34.2 Å². The summed E-state index contributed by atoms with van der Waals surface area (Å²) < 4.78 is 0. The van der Waals surface area contributed by atoms with Gasteiger partial charge in [0.15, 0.2) is 0 Å². The molecule has 3 rings (SSSR count). The van der Waals surface area contributed by atoms with Crippen LogP contribution in [0.2, 0.25) is 0 Å². The van der Waals surface area contributed by atoms with Gasteiger partial charge in [-0.1, -0.05) is 6.92 Å². The van der Waals surface area contributed by atoms with Crippen molar-refractivity contribution in [2.24, 2.45) is 5.92 Å². The Hall–Kier alpha value is -0.450. The summed E-state index contributed by atoms with van der Waals surface area (Å²) in [5, 5.41) is 10.3. The summed E-state index contributed by atoms with van der Waals surface area (Å²) in [5.74, 6) is 0.833. The molecule has 112 valence electrons. The number of fused-ring (bicyclic) bond motifs is 1. The second-order valence-electron chi connectivity index (χ2n) is 6.46. The van der Waals surface area contributed by atoms with Gasteiger partial charge in [-0.25, -0.2) is 4.98 Å². The van der Waals surface area contributed by atoms with Gasteiger partial charge >= 0.3 is 0 Å². The number of rotatable bonds is 5. The lowest BCUT2D eigenvalue weighted by Crippen LogP contribution is -2.29. The van der Waals surface area contributed by atoms with Gasteiger partial charge in [0.1, 0.15) is 5.01 Å². The van der Waals surface area contributed by atoms with Crippen molar-refractivity contribution in [3.05, 3.63) is 15.6 Å². The fourth-order valence-electron chi connectivity index (χ4n) is 3.59. The summed E-state index contributed by atoms with van der Waals surface area (Å²) in [7, 11) is 0. The van der Waals surface area contributed by atoms with E-state index in [4.69, 9.17) is 10.1 Å². The molecular formula is C16H26N2OS.